The molecule has 2 aromatic heterocycles. The summed E-state index contributed by atoms with van der Waals surface area (Å²) in [5.74, 6) is -0.245. The van der Waals surface area contributed by atoms with Crippen LogP contribution >= 0.6 is 11.3 Å². The van der Waals surface area contributed by atoms with Crippen LogP contribution in [0.15, 0.2) is 100 Å². The highest BCUT2D eigenvalue weighted by molar-refractivity contribution is 7.07. The first-order chi connectivity index (χ1) is 23.2. The van der Waals surface area contributed by atoms with Gasteiger partial charge in [-0.25, -0.2) is 14.6 Å². The van der Waals surface area contributed by atoms with Crippen LogP contribution in [-0.4, -0.2) is 41.4 Å². The molecule has 1 atom stereocenters. The Balaban J connectivity index is 1.52. The molecule has 9 nitrogen and oxygen atoms in total. The highest BCUT2D eigenvalue weighted by atomic mass is 32.1. The Hall–Kier alpha value is -5.48. The largest absolute Gasteiger partial charge is 0.497 e. The minimum absolute atomic E-state index is 0.172. The van der Waals surface area contributed by atoms with Gasteiger partial charge in [0, 0.05) is 22.6 Å². The molecule has 0 saturated carbocycles. The number of aryl methyl sites for hydroxylation is 1. The molecule has 3 heterocycles. The van der Waals surface area contributed by atoms with E-state index in [9.17, 15) is 14.4 Å². The summed E-state index contributed by atoms with van der Waals surface area (Å²) in [5.41, 5.74) is 6.06. The zero-order valence-electron chi connectivity index (χ0n) is 27.4. The van der Waals surface area contributed by atoms with Crippen molar-refractivity contribution in [1.82, 2.24) is 9.13 Å². The van der Waals surface area contributed by atoms with Gasteiger partial charge in [0.15, 0.2) is 4.80 Å². The van der Waals surface area contributed by atoms with Gasteiger partial charge in [-0.3, -0.25) is 9.36 Å². The summed E-state index contributed by atoms with van der Waals surface area (Å²) in [7, 11) is 1.59. The lowest BCUT2D eigenvalue weighted by molar-refractivity contribution is -0.138. The third-order valence-electron chi connectivity index (χ3n) is 8.20. The Bertz CT molecular complexity index is 2210. The molecule has 1 aliphatic heterocycles. The lowest BCUT2D eigenvalue weighted by Crippen LogP contribution is -2.40. The van der Waals surface area contributed by atoms with E-state index >= 15 is 0 Å². The minimum atomic E-state index is -0.783. The zero-order valence-corrected chi connectivity index (χ0v) is 28.2. The Kier molecular flexibility index (Phi) is 9.27. The fourth-order valence-corrected chi connectivity index (χ4v) is 6.97. The predicted molar refractivity (Wildman–Crippen MR) is 185 cm³/mol. The third kappa shape index (κ3) is 6.02. The van der Waals surface area contributed by atoms with Crippen molar-refractivity contribution in [1.29, 1.82) is 0 Å². The molecule has 0 radical (unpaired) electrons. The summed E-state index contributed by atoms with van der Waals surface area (Å²) in [4.78, 5) is 45.6. The molecule has 0 unspecified atom stereocenters. The second kappa shape index (κ2) is 13.7. The first kappa shape index (κ1) is 32.5. The fraction of sp³-hybridized carbons (Fsp3) is 0.211. The van der Waals surface area contributed by atoms with Gasteiger partial charge in [-0.2, -0.15) is 0 Å². The van der Waals surface area contributed by atoms with Crippen LogP contribution in [0.3, 0.4) is 0 Å². The molecule has 0 bridgehead atoms. The molecular weight excluding hydrogens is 627 g/mol. The van der Waals surface area contributed by atoms with Gasteiger partial charge in [0.05, 0.1) is 47.7 Å². The molecule has 0 spiro atoms. The fourth-order valence-electron chi connectivity index (χ4n) is 5.98. The van der Waals surface area contributed by atoms with Crippen molar-refractivity contribution in [3.8, 4) is 11.4 Å². The molecule has 5 aromatic rings. The molecule has 10 heteroatoms. The molecule has 48 heavy (non-hydrogen) atoms. The second-order valence-electron chi connectivity index (χ2n) is 11.1. The normalized spacial score (nSPS) is 14.4. The number of hydrogen-bond acceptors (Lipinski definition) is 8. The van der Waals surface area contributed by atoms with Crippen LogP contribution in [0.2, 0.25) is 0 Å². The number of carbonyl (C=O) groups excluding carboxylic acids is 2. The topological polar surface area (TPSA) is 101 Å². The molecule has 1 aliphatic rings. The number of ether oxygens (including phenoxy) is 3. The van der Waals surface area contributed by atoms with Crippen LogP contribution in [0.25, 0.3) is 17.5 Å². The number of esters is 2. The highest BCUT2D eigenvalue weighted by Gasteiger charge is 2.35. The number of rotatable bonds is 9. The number of nitrogens with zero attached hydrogens (tertiary/aromatic N) is 3. The maximum atomic E-state index is 14.4. The number of benzene rings is 3. The first-order valence-corrected chi connectivity index (χ1v) is 16.5. The smallest absolute Gasteiger partial charge is 0.338 e. The van der Waals surface area contributed by atoms with Gasteiger partial charge >= 0.3 is 11.9 Å². The van der Waals surface area contributed by atoms with E-state index in [1.165, 1.54) is 11.3 Å². The Morgan fingerprint density at radius 2 is 1.56 bits per heavy atom. The van der Waals surface area contributed by atoms with E-state index in [4.69, 9.17) is 19.2 Å². The van der Waals surface area contributed by atoms with Crippen LogP contribution < -0.4 is 19.6 Å². The number of fused-ring (bicyclic) bond motifs is 1. The Labute approximate surface area is 281 Å². The van der Waals surface area contributed by atoms with Crippen molar-refractivity contribution < 1.29 is 23.8 Å². The van der Waals surface area contributed by atoms with Crippen LogP contribution in [0, 0.1) is 13.8 Å². The summed E-state index contributed by atoms with van der Waals surface area (Å²) in [6.45, 7) is 7.99. The molecule has 0 N–H and O–H groups in total. The molecule has 0 aliphatic carbocycles. The van der Waals surface area contributed by atoms with Crippen LogP contribution in [0.5, 0.6) is 5.75 Å². The lowest BCUT2D eigenvalue weighted by Gasteiger charge is -2.26. The van der Waals surface area contributed by atoms with Crippen LogP contribution in [-0.2, 0) is 14.3 Å². The molecule has 244 valence electrons. The summed E-state index contributed by atoms with van der Waals surface area (Å²) in [6.07, 6.45) is 1.87. The average molecular weight is 662 g/mol. The van der Waals surface area contributed by atoms with E-state index in [1.807, 2.05) is 92.7 Å². The monoisotopic (exact) mass is 661 g/mol. The van der Waals surface area contributed by atoms with Gasteiger partial charge in [0.1, 0.15) is 5.75 Å². The van der Waals surface area contributed by atoms with Gasteiger partial charge in [0.25, 0.3) is 5.56 Å². The van der Waals surface area contributed by atoms with Crippen molar-refractivity contribution in [2.45, 2.75) is 33.7 Å². The third-order valence-corrected chi connectivity index (χ3v) is 9.18. The van der Waals surface area contributed by atoms with E-state index < -0.39 is 12.0 Å². The van der Waals surface area contributed by atoms with Crippen molar-refractivity contribution in [3.63, 3.8) is 0 Å². The number of carbonyl (C=O) groups is 2. The lowest BCUT2D eigenvalue weighted by atomic mass is 9.93. The maximum Gasteiger partial charge on any atom is 0.338 e. The van der Waals surface area contributed by atoms with E-state index in [2.05, 4.69) is 4.57 Å². The van der Waals surface area contributed by atoms with Gasteiger partial charge in [-0.1, -0.05) is 53.8 Å². The van der Waals surface area contributed by atoms with Crippen molar-refractivity contribution in [2.24, 2.45) is 4.99 Å². The second-order valence-corrected chi connectivity index (χ2v) is 12.1. The van der Waals surface area contributed by atoms with Gasteiger partial charge in [-0.15, -0.1) is 0 Å². The first-order valence-electron chi connectivity index (χ1n) is 15.6. The Morgan fingerprint density at radius 1 is 0.896 bits per heavy atom. The summed E-state index contributed by atoms with van der Waals surface area (Å²) in [5, 5.41) is 0. The van der Waals surface area contributed by atoms with Crippen molar-refractivity contribution >= 4 is 35.0 Å². The van der Waals surface area contributed by atoms with Crippen molar-refractivity contribution in [2.75, 3.05) is 20.3 Å². The highest BCUT2D eigenvalue weighted by Crippen LogP contribution is 2.35. The van der Waals surface area contributed by atoms with Gasteiger partial charge in [0.2, 0.25) is 0 Å². The van der Waals surface area contributed by atoms with E-state index in [0.29, 0.717) is 33.0 Å². The van der Waals surface area contributed by atoms with Crippen molar-refractivity contribution in [3.05, 3.63) is 144 Å². The number of methoxy groups -OCH3 is 1. The van der Waals surface area contributed by atoms with Crippen LogP contribution in [0.1, 0.15) is 58.3 Å². The maximum absolute atomic E-state index is 14.4. The number of hydrogen-bond donors (Lipinski definition) is 0. The summed E-state index contributed by atoms with van der Waals surface area (Å²) in [6, 6.07) is 25.3. The summed E-state index contributed by atoms with van der Waals surface area (Å²) < 4.78 is 20.2. The molecule has 0 saturated heterocycles. The zero-order chi connectivity index (χ0) is 33.9. The number of thiazole rings is 1. The SMILES string of the molecule is CCOC(=O)C1=C(c2ccccc2)N=c2s/c(=C\c3cc(C)n(-c4ccc(C(=O)OCC)cc4)c3C)c(=O)n2[C@@H]1c1ccc(OC)cc1. The molecule has 3 aromatic carbocycles. The molecule has 0 amide bonds. The quantitative estimate of drug-likeness (QED) is 0.193. The predicted octanol–water partition coefficient (Wildman–Crippen LogP) is 5.53. The molecule has 0 fully saturated rings. The minimum Gasteiger partial charge on any atom is -0.497 e. The van der Waals surface area contributed by atoms with E-state index in [0.717, 1.165) is 33.8 Å². The standard InChI is InChI=1S/C38H35N3O6S/c1-6-46-36(43)27-13-17-29(18-14-27)40-23(3)21-28(24(40)4)22-31-35(42)41-34(26-15-19-30(45-5)20-16-26)32(37(44)47-7-2)33(39-38(41)48-31)25-11-9-8-10-12-25/h8-22,34H,6-7H2,1-5H3/b31-22-/t34-/m1/s1. The Morgan fingerprint density at radius 3 is 2.21 bits per heavy atom. The van der Waals surface area contributed by atoms with E-state index in [1.54, 1.807) is 37.7 Å². The average Bonchev–Trinajstić information content (AvgIpc) is 3.57. The number of aromatic nitrogens is 2. The molecular formula is C38H35N3O6S. The van der Waals surface area contributed by atoms with Gasteiger partial charge < -0.3 is 18.8 Å². The summed E-state index contributed by atoms with van der Waals surface area (Å²) >= 11 is 1.27. The van der Waals surface area contributed by atoms with E-state index in [-0.39, 0.29) is 23.7 Å². The molecule has 6 rings (SSSR count). The van der Waals surface area contributed by atoms with Crippen LogP contribution in [0.4, 0.5) is 0 Å². The van der Waals surface area contributed by atoms with Gasteiger partial charge in [-0.05, 0) is 87.4 Å².